The minimum atomic E-state index is -0.970. The molecule has 0 atom stereocenters. The van der Waals surface area contributed by atoms with Crippen LogP contribution in [0.3, 0.4) is 0 Å². The van der Waals surface area contributed by atoms with E-state index in [2.05, 4.69) is 15.8 Å². The highest BCUT2D eigenvalue weighted by atomic mass is 32.1. The summed E-state index contributed by atoms with van der Waals surface area (Å²) in [5.41, 5.74) is 3.93. The SMILES string of the molecule is CCOC(=O)c1c(NC(=O)C(=O)NN=Cc2cccc(O)c2)sc2c1CCCC2. The molecule has 0 bridgehead atoms. The van der Waals surface area contributed by atoms with Crippen LogP contribution in [0.15, 0.2) is 29.4 Å². The van der Waals surface area contributed by atoms with Gasteiger partial charge in [0.25, 0.3) is 0 Å². The number of phenols is 1. The molecule has 1 aromatic heterocycles. The van der Waals surface area contributed by atoms with Crippen LogP contribution in [0.1, 0.15) is 46.1 Å². The third kappa shape index (κ3) is 5.00. The first-order chi connectivity index (χ1) is 14.0. The van der Waals surface area contributed by atoms with Crippen molar-refractivity contribution in [3.63, 3.8) is 0 Å². The van der Waals surface area contributed by atoms with Crippen LogP contribution in [0.2, 0.25) is 0 Å². The molecule has 0 spiro atoms. The Hall–Kier alpha value is -3.20. The van der Waals surface area contributed by atoms with Crippen molar-refractivity contribution in [2.24, 2.45) is 5.10 Å². The number of amides is 2. The summed E-state index contributed by atoms with van der Waals surface area (Å²) in [5.74, 6) is -2.33. The van der Waals surface area contributed by atoms with Crippen molar-refractivity contribution < 1.29 is 24.2 Å². The predicted octanol–water partition coefficient (Wildman–Crippen LogP) is 2.60. The molecular weight excluding hydrogens is 394 g/mol. The third-order valence-corrected chi connectivity index (χ3v) is 5.54. The maximum Gasteiger partial charge on any atom is 0.341 e. The summed E-state index contributed by atoms with van der Waals surface area (Å²) < 4.78 is 5.13. The topological polar surface area (TPSA) is 117 Å². The Bertz CT molecular complexity index is 967. The van der Waals surface area contributed by atoms with Gasteiger partial charge in [0.2, 0.25) is 0 Å². The van der Waals surface area contributed by atoms with Crippen molar-refractivity contribution in [2.75, 3.05) is 11.9 Å². The average Bonchev–Trinajstić information content (AvgIpc) is 3.06. The maximum atomic E-state index is 12.4. The number of carbonyl (C=O) groups excluding carboxylic acids is 3. The first kappa shape index (κ1) is 20.5. The summed E-state index contributed by atoms with van der Waals surface area (Å²) in [4.78, 5) is 37.8. The van der Waals surface area contributed by atoms with Crippen molar-refractivity contribution in [1.29, 1.82) is 0 Å². The largest absolute Gasteiger partial charge is 0.508 e. The summed E-state index contributed by atoms with van der Waals surface area (Å²) >= 11 is 1.31. The van der Waals surface area contributed by atoms with Gasteiger partial charge >= 0.3 is 17.8 Å². The summed E-state index contributed by atoms with van der Waals surface area (Å²) in [5, 5.41) is 16.0. The fraction of sp³-hybridized carbons (Fsp3) is 0.300. The van der Waals surface area contributed by atoms with Gasteiger partial charge < -0.3 is 15.2 Å². The lowest BCUT2D eigenvalue weighted by atomic mass is 9.95. The van der Waals surface area contributed by atoms with E-state index in [9.17, 15) is 19.5 Å². The Balaban J connectivity index is 1.70. The van der Waals surface area contributed by atoms with Crippen LogP contribution in [-0.2, 0) is 27.2 Å². The zero-order chi connectivity index (χ0) is 20.8. The molecule has 3 rings (SSSR count). The molecule has 0 fully saturated rings. The molecule has 1 aromatic carbocycles. The molecule has 0 aliphatic heterocycles. The monoisotopic (exact) mass is 415 g/mol. The second-order valence-corrected chi connectivity index (χ2v) is 7.49. The first-order valence-electron chi connectivity index (χ1n) is 9.24. The zero-order valence-electron chi connectivity index (χ0n) is 15.9. The fourth-order valence-electron chi connectivity index (χ4n) is 3.05. The van der Waals surface area contributed by atoms with Crippen LogP contribution in [0.25, 0.3) is 0 Å². The van der Waals surface area contributed by atoms with Gasteiger partial charge in [-0.2, -0.15) is 5.10 Å². The maximum absolute atomic E-state index is 12.4. The Morgan fingerprint density at radius 2 is 2.03 bits per heavy atom. The number of phenolic OH excluding ortho intramolecular Hbond substituents is 1. The lowest BCUT2D eigenvalue weighted by Crippen LogP contribution is -2.32. The van der Waals surface area contributed by atoms with Gasteiger partial charge in [-0.15, -0.1) is 11.3 Å². The van der Waals surface area contributed by atoms with E-state index in [4.69, 9.17) is 4.74 Å². The Morgan fingerprint density at radius 1 is 1.24 bits per heavy atom. The van der Waals surface area contributed by atoms with Crippen molar-refractivity contribution in [2.45, 2.75) is 32.6 Å². The summed E-state index contributed by atoms with van der Waals surface area (Å²) in [6.07, 6.45) is 4.87. The molecule has 152 valence electrons. The number of benzene rings is 1. The van der Waals surface area contributed by atoms with Crippen LogP contribution < -0.4 is 10.7 Å². The molecule has 0 radical (unpaired) electrons. The Morgan fingerprint density at radius 3 is 2.79 bits per heavy atom. The second kappa shape index (κ2) is 9.33. The van der Waals surface area contributed by atoms with E-state index in [-0.39, 0.29) is 12.4 Å². The number of anilines is 1. The highest BCUT2D eigenvalue weighted by molar-refractivity contribution is 7.17. The van der Waals surface area contributed by atoms with Crippen LogP contribution in [0, 0.1) is 0 Å². The Kier molecular flexibility index (Phi) is 6.61. The van der Waals surface area contributed by atoms with Gasteiger partial charge in [-0.3, -0.25) is 9.59 Å². The number of ether oxygens (including phenoxy) is 1. The number of esters is 1. The number of nitrogens with one attached hydrogen (secondary N) is 2. The molecule has 0 unspecified atom stereocenters. The minimum Gasteiger partial charge on any atom is -0.508 e. The van der Waals surface area contributed by atoms with E-state index in [1.54, 1.807) is 19.1 Å². The third-order valence-electron chi connectivity index (χ3n) is 4.33. The van der Waals surface area contributed by atoms with E-state index in [0.717, 1.165) is 36.1 Å². The number of hydrogen-bond acceptors (Lipinski definition) is 7. The number of thiophene rings is 1. The average molecular weight is 415 g/mol. The second-order valence-electron chi connectivity index (χ2n) is 6.38. The molecule has 2 aromatic rings. The van der Waals surface area contributed by atoms with Crippen molar-refractivity contribution >= 4 is 40.3 Å². The smallest absolute Gasteiger partial charge is 0.341 e. The molecule has 8 nitrogen and oxygen atoms in total. The number of aryl methyl sites for hydroxylation is 1. The predicted molar refractivity (Wildman–Crippen MR) is 109 cm³/mol. The molecule has 1 aliphatic carbocycles. The quantitative estimate of drug-likeness (QED) is 0.300. The number of fused-ring (bicyclic) bond motifs is 1. The minimum absolute atomic E-state index is 0.0613. The van der Waals surface area contributed by atoms with Gasteiger partial charge in [0.15, 0.2) is 0 Å². The number of rotatable bonds is 5. The van der Waals surface area contributed by atoms with Crippen LogP contribution in [0.4, 0.5) is 5.00 Å². The fourth-order valence-corrected chi connectivity index (χ4v) is 4.33. The molecule has 9 heteroatoms. The van der Waals surface area contributed by atoms with E-state index >= 15 is 0 Å². The van der Waals surface area contributed by atoms with E-state index in [1.807, 2.05) is 0 Å². The lowest BCUT2D eigenvalue weighted by Gasteiger charge is -2.12. The van der Waals surface area contributed by atoms with Crippen LogP contribution >= 0.6 is 11.3 Å². The Labute approximate surface area is 171 Å². The summed E-state index contributed by atoms with van der Waals surface area (Å²) in [6.45, 7) is 1.94. The standard InChI is InChI=1S/C20H21N3O5S/c1-2-28-20(27)16-14-8-3-4-9-15(14)29-19(16)22-17(25)18(26)23-21-11-12-6-5-7-13(24)10-12/h5-7,10-11,24H,2-4,8-9H2,1H3,(H,22,25)(H,23,26). The summed E-state index contributed by atoms with van der Waals surface area (Å²) in [7, 11) is 0. The van der Waals surface area contributed by atoms with E-state index in [1.165, 1.54) is 29.7 Å². The van der Waals surface area contributed by atoms with Crippen molar-refractivity contribution in [3.05, 3.63) is 45.8 Å². The highest BCUT2D eigenvalue weighted by Crippen LogP contribution is 2.38. The number of hydrazone groups is 1. The molecule has 0 saturated heterocycles. The van der Waals surface area contributed by atoms with Crippen LogP contribution in [-0.4, -0.2) is 35.7 Å². The van der Waals surface area contributed by atoms with Crippen molar-refractivity contribution in [3.8, 4) is 5.75 Å². The molecular formula is C20H21N3O5S. The van der Waals surface area contributed by atoms with Gasteiger partial charge in [-0.25, -0.2) is 10.2 Å². The van der Waals surface area contributed by atoms with Gasteiger partial charge in [-0.1, -0.05) is 12.1 Å². The molecule has 3 N–H and O–H groups in total. The highest BCUT2D eigenvalue weighted by Gasteiger charge is 2.28. The van der Waals surface area contributed by atoms with Gasteiger partial charge in [0.05, 0.1) is 18.4 Å². The summed E-state index contributed by atoms with van der Waals surface area (Å²) in [6, 6.07) is 6.26. The number of carbonyl (C=O) groups is 3. The zero-order valence-corrected chi connectivity index (χ0v) is 16.7. The number of nitrogens with zero attached hydrogens (tertiary/aromatic N) is 1. The number of aromatic hydroxyl groups is 1. The first-order valence-corrected chi connectivity index (χ1v) is 10.1. The van der Waals surface area contributed by atoms with Gasteiger partial charge in [0, 0.05) is 4.88 Å². The van der Waals surface area contributed by atoms with Gasteiger partial charge in [0.1, 0.15) is 10.8 Å². The van der Waals surface area contributed by atoms with E-state index < -0.39 is 17.8 Å². The molecule has 1 aliphatic rings. The van der Waals surface area contributed by atoms with E-state index in [0.29, 0.717) is 16.1 Å². The molecule has 2 amide bonds. The number of hydrogen-bond donors (Lipinski definition) is 3. The molecule has 1 heterocycles. The normalized spacial score (nSPS) is 13.0. The molecule has 29 heavy (non-hydrogen) atoms. The molecule has 0 saturated carbocycles. The van der Waals surface area contributed by atoms with Crippen LogP contribution in [0.5, 0.6) is 5.75 Å². The van der Waals surface area contributed by atoms with Crippen molar-refractivity contribution in [1.82, 2.24) is 5.43 Å². The van der Waals surface area contributed by atoms with Gasteiger partial charge in [-0.05, 0) is 55.9 Å². The lowest BCUT2D eigenvalue weighted by molar-refractivity contribution is -0.136.